The number of halogens is 2. The van der Waals surface area contributed by atoms with Crippen LogP contribution in [0, 0.1) is 5.92 Å². The zero-order valence-corrected chi connectivity index (χ0v) is 22.4. The largest absolute Gasteiger partial charge is 0.494 e. The van der Waals surface area contributed by atoms with E-state index >= 15 is 0 Å². The first kappa shape index (κ1) is 26.5. The number of amides is 1. The Morgan fingerprint density at radius 3 is 2.53 bits per heavy atom. The molecule has 3 aromatic rings. The highest BCUT2D eigenvalue weighted by molar-refractivity contribution is 6.35. The topological polar surface area (TPSA) is 80.2 Å². The molecule has 1 aliphatic carbocycles. The van der Waals surface area contributed by atoms with Crippen LogP contribution in [0.1, 0.15) is 42.1 Å². The van der Waals surface area contributed by atoms with E-state index in [0.29, 0.717) is 59.2 Å². The summed E-state index contributed by atoms with van der Waals surface area (Å²) >= 11 is 12.9. The summed E-state index contributed by atoms with van der Waals surface area (Å²) < 4.78 is 12.2. The van der Waals surface area contributed by atoms with Gasteiger partial charge in [0, 0.05) is 47.2 Å². The molecule has 198 valence electrons. The number of nitrogens with one attached hydrogen (secondary N) is 1. The van der Waals surface area contributed by atoms with Gasteiger partial charge in [-0.2, -0.15) is 0 Å². The summed E-state index contributed by atoms with van der Waals surface area (Å²) in [6.07, 6.45) is 2.37. The average Bonchev–Trinajstić information content (AvgIpc) is 3.68. The first-order chi connectivity index (χ1) is 18.5. The third-order valence-corrected chi connectivity index (χ3v) is 7.40. The molecule has 2 N–H and O–H groups in total. The SMILES string of the molecule is O=C(NCC1CC1)[C@]1(Cc2ccccc2)N=C(c2ccc(OCCCO)cc2)O[C@@H]1c1ccc(Cl)cc1Cl. The van der Waals surface area contributed by atoms with Crippen molar-refractivity contribution in [2.75, 3.05) is 19.8 Å². The number of hydrogen-bond acceptors (Lipinski definition) is 5. The summed E-state index contributed by atoms with van der Waals surface area (Å²) in [6.45, 7) is 1.11. The van der Waals surface area contributed by atoms with Gasteiger partial charge in [0.2, 0.25) is 5.90 Å². The predicted molar refractivity (Wildman–Crippen MR) is 149 cm³/mol. The smallest absolute Gasteiger partial charge is 0.252 e. The minimum atomic E-state index is -1.28. The minimum Gasteiger partial charge on any atom is -0.494 e. The van der Waals surface area contributed by atoms with Crippen LogP contribution in [0.2, 0.25) is 10.0 Å². The average molecular weight is 553 g/mol. The second-order valence-corrected chi connectivity index (χ2v) is 10.6. The molecule has 1 heterocycles. The van der Waals surface area contributed by atoms with Crippen LogP contribution in [0.4, 0.5) is 0 Å². The number of nitrogens with zero attached hydrogens (tertiary/aromatic N) is 1. The van der Waals surface area contributed by atoms with E-state index in [1.807, 2.05) is 54.6 Å². The number of rotatable bonds is 11. The molecule has 1 amide bonds. The lowest BCUT2D eigenvalue weighted by atomic mass is 9.82. The Labute approximate surface area is 232 Å². The van der Waals surface area contributed by atoms with Crippen LogP contribution in [-0.4, -0.2) is 42.2 Å². The summed E-state index contributed by atoms with van der Waals surface area (Å²) in [4.78, 5) is 19.1. The van der Waals surface area contributed by atoms with Gasteiger partial charge in [-0.25, -0.2) is 4.99 Å². The Morgan fingerprint density at radius 1 is 1.08 bits per heavy atom. The fourth-order valence-corrected chi connectivity index (χ4v) is 5.10. The molecule has 0 aromatic heterocycles. The van der Waals surface area contributed by atoms with E-state index in [9.17, 15) is 4.79 Å². The monoisotopic (exact) mass is 552 g/mol. The highest BCUT2D eigenvalue weighted by Crippen LogP contribution is 2.45. The fraction of sp³-hybridized carbons (Fsp3) is 0.333. The maximum absolute atomic E-state index is 14.0. The minimum absolute atomic E-state index is 0.0731. The number of aliphatic hydroxyl groups excluding tert-OH is 1. The normalized spacial score (nSPS) is 20.5. The summed E-state index contributed by atoms with van der Waals surface area (Å²) in [6, 6.07) is 22.4. The van der Waals surface area contributed by atoms with Crippen LogP contribution in [0.15, 0.2) is 77.8 Å². The second-order valence-electron chi connectivity index (χ2n) is 9.77. The standard InChI is InChI=1S/C30H30Cl2N2O4/c31-23-11-14-25(26(32)17-23)27-30(18-20-5-2-1-3-6-20,29(36)33-19-21-7-8-21)34-28(38-27)22-9-12-24(13-10-22)37-16-4-15-35/h1-3,5-6,9-14,17,21,27,35H,4,7-8,15-16,18-19H2,(H,33,36)/t27-,30-/m1/s1. The third-order valence-electron chi connectivity index (χ3n) is 6.84. The molecular formula is C30H30Cl2N2O4. The molecule has 0 saturated heterocycles. The van der Waals surface area contributed by atoms with Crippen molar-refractivity contribution < 1.29 is 19.4 Å². The van der Waals surface area contributed by atoms with Gasteiger partial charge in [0.25, 0.3) is 5.91 Å². The van der Waals surface area contributed by atoms with Crippen LogP contribution >= 0.6 is 23.2 Å². The molecule has 38 heavy (non-hydrogen) atoms. The Bertz CT molecular complexity index is 1300. The van der Waals surface area contributed by atoms with E-state index in [-0.39, 0.29) is 12.5 Å². The number of aliphatic hydroxyl groups is 1. The molecule has 6 nitrogen and oxygen atoms in total. The summed E-state index contributed by atoms with van der Waals surface area (Å²) in [5, 5.41) is 13.1. The first-order valence-corrected chi connectivity index (χ1v) is 13.6. The Hall–Kier alpha value is -3.06. The molecule has 2 aliphatic rings. The molecule has 1 aliphatic heterocycles. The Morgan fingerprint density at radius 2 is 1.84 bits per heavy atom. The maximum atomic E-state index is 14.0. The number of carbonyl (C=O) groups excluding carboxylic acids is 1. The van der Waals surface area contributed by atoms with Crippen LogP contribution in [-0.2, 0) is 16.0 Å². The molecular weight excluding hydrogens is 523 g/mol. The van der Waals surface area contributed by atoms with Crippen molar-refractivity contribution in [1.29, 1.82) is 0 Å². The van der Waals surface area contributed by atoms with Gasteiger partial charge in [-0.05, 0) is 60.7 Å². The quantitative estimate of drug-likeness (QED) is 0.295. The maximum Gasteiger partial charge on any atom is 0.252 e. The molecule has 2 atom stereocenters. The Kier molecular flexibility index (Phi) is 8.22. The highest BCUT2D eigenvalue weighted by atomic mass is 35.5. The van der Waals surface area contributed by atoms with Crippen LogP contribution in [0.25, 0.3) is 0 Å². The summed E-state index contributed by atoms with van der Waals surface area (Å²) in [5.41, 5.74) is 1.06. The van der Waals surface area contributed by atoms with Crippen LogP contribution < -0.4 is 10.1 Å². The van der Waals surface area contributed by atoms with Gasteiger partial charge in [-0.1, -0.05) is 59.6 Å². The van der Waals surface area contributed by atoms with Crippen LogP contribution in [0.3, 0.4) is 0 Å². The zero-order chi connectivity index (χ0) is 26.5. The second kappa shape index (κ2) is 11.8. The third kappa shape index (κ3) is 5.98. The summed E-state index contributed by atoms with van der Waals surface area (Å²) in [7, 11) is 0. The number of hydrogen-bond donors (Lipinski definition) is 2. The van der Waals surface area contributed by atoms with E-state index in [1.54, 1.807) is 18.2 Å². The molecule has 0 spiro atoms. The fourth-order valence-electron chi connectivity index (χ4n) is 4.59. The molecule has 0 unspecified atom stereocenters. The van der Waals surface area contributed by atoms with Gasteiger partial charge >= 0.3 is 0 Å². The molecule has 1 saturated carbocycles. The number of ether oxygens (including phenoxy) is 2. The van der Waals surface area contributed by atoms with Crippen molar-refractivity contribution in [2.45, 2.75) is 37.3 Å². The van der Waals surface area contributed by atoms with Crippen molar-refractivity contribution in [2.24, 2.45) is 10.9 Å². The van der Waals surface area contributed by atoms with E-state index in [2.05, 4.69) is 5.32 Å². The Balaban J connectivity index is 1.55. The van der Waals surface area contributed by atoms with Gasteiger partial charge in [0.1, 0.15) is 5.75 Å². The van der Waals surface area contributed by atoms with Crippen molar-refractivity contribution in [3.63, 3.8) is 0 Å². The van der Waals surface area contributed by atoms with E-state index in [1.165, 1.54) is 0 Å². The van der Waals surface area contributed by atoms with E-state index in [4.69, 9.17) is 42.8 Å². The molecule has 1 fully saturated rings. The molecule has 0 radical (unpaired) electrons. The number of carbonyl (C=O) groups is 1. The van der Waals surface area contributed by atoms with Crippen LogP contribution in [0.5, 0.6) is 5.75 Å². The molecule has 3 aromatic carbocycles. The lowest BCUT2D eigenvalue weighted by molar-refractivity contribution is -0.129. The van der Waals surface area contributed by atoms with Gasteiger partial charge in [-0.15, -0.1) is 0 Å². The number of aliphatic imine (C=N–C) groups is 1. The van der Waals surface area contributed by atoms with Gasteiger partial charge in [0.05, 0.1) is 6.61 Å². The van der Waals surface area contributed by atoms with Crippen molar-refractivity contribution in [3.05, 3.63) is 99.5 Å². The summed E-state index contributed by atoms with van der Waals surface area (Å²) in [5.74, 6) is 1.36. The predicted octanol–water partition coefficient (Wildman–Crippen LogP) is 5.78. The van der Waals surface area contributed by atoms with Crippen molar-refractivity contribution >= 4 is 35.0 Å². The number of benzene rings is 3. The lowest BCUT2D eigenvalue weighted by Gasteiger charge is -2.31. The van der Waals surface area contributed by atoms with E-state index in [0.717, 1.165) is 24.0 Å². The van der Waals surface area contributed by atoms with Gasteiger partial charge < -0.3 is 19.9 Å². The molecule has 8 heteroatoms. The molecule has 0 bridgehead atoms. The van der Waals surface area contributed by atoms with Crippen molar-refractivity contribution in [1.82, 2.24) is 5.32 Å². The van der Waals surface area contributed by atoms with Gasteiger partial charge in [-0.3, -0.25) is 4.79 Å². The van der Waals surface area contributed by atoms with Crippen molar-refractivity contribution in [3.8, 4) is 5.75 Å². The zero-order valence-electron chi connectivity index (χ0n) is 20.9. The lowest BCUT2D eigenvalue weighted by Crippen LogP contribution is -2.50. The van der Waals surface area contributed by atoms with E-state index < -0.39 is 11.6 Å². The highest BCUT2D eigenvalue weighted by Gasteiger charge is 2.54. The first-order valence-electron chi connectivity index (χ1n) is 12.9. The van der Waals surface area contributed by atoms with Gasteiger partial charge in [0.15, 0.2) is 11.6 Å². The molecule has 5 rings (SSSR count).